The smallest absolute Gasteiger partial charge is 0.283 e. The lowest BCUT2D eigenvalue weighted by molar-refractivity contribution is -0.198. The van der Waals surface area contributed by atoms with Crippen LogP contribution in [0.25, 0.3) is 0 Å². The number of aryl methyl sites for hydroxylation is 1. The second-order valence-electron chi connectivity index (χ2n) is 11.2. The number of anilines is 1. The molecule has 0 aliphatic carbocycles. The van der Waals surface area contributed by atoms with E-state index < -0.39 is 27.4 Å². The lowest BCUT2D eigenvalue weighted by atomic mass is 9.65. The quantitative estimate of drug-likeness (QED) is 0.230. The highest BCUT2D eigenvalue weighted by Gasteiger charge is 2.68. The average molecular weight is 615 g/mol. The molecular weight excluding hydrogens is 584 g/mol. The highest BCUT2D eigenvalue weighted by molar-refractivity contribution is 7.90. The van der Waals surface area contributed by atoms with Crippen molar-refractivity contribution in [1.82, 2.24) is 10.0 Å². The van der Waals surface area contributed by atoms with Gasteiger partial charge >= 0.3 is 0 Å². The topological polar surface area (TPSA) is 101 Å². The highest BCUT2D eigenvalue weighted by atomic mass is 32.2. The van der Waals surface area contributed by atoms with E-state index >= 15 is 0 Å². The number of hydroxylamine groups is 2. The number of rotatable bonds is 7. The van der Waals surface area contributed by atoms with Crippen LogP contribution in [0.4, 0.5) is 5.69 Å². The Morgan fingerprint density at radius 3 is 2.22 bits per heavy atom. The number of hydrogen-bond donors (Lipinski definition) is 1. The molecule has 2 aliphatic heterocycles. The number of sulfonamides is 1. The molecule has 1 fully saturated rings. The van der Waals surface area contributed by atoms with Gasteiger partial charge in [-0.05, 0) is 53.4 Å². The number of fused-ring (bicyclic) bond motifs is 2. The van der Waals surface area contributed by atoms with E-state index in [0.717, 1.165) is 22.3 Å². The van der Waals surface area contributed by atoms with Gasteiger partial charge in [-0.3, -0.25) is 14.6 Å². The van der Waals surface area contributed by atoms with Crippen molar-refractivity contribution in [1.29, 1.82) is 0 Å². The van der Waals surface area contributed by atoms with Gasteiger partial charge in [0, 0.05) is 18.1 Å². The van der Waals surface area contributed by atoms with Crippen molar-refractivity contribution in [2.24, 2.45) is 4.40 Å². The van der Waals surface area contributed by atoms with E-state index in [4.69, 9.17) is 4.84 Å². The third kappa shape index (κ3) is 4.90. The molecule has 45 heavy (non-hydrogen) atoms. The highest BCUT2D eigenvalue weighted by Crippen LogP contribution is 2.61. The van der Waals surface area contributed by atoms with Gasteiger partial charge < -0.3 is 5.32 Å². The second-order valence-corrected chi connectivity index (χ2v) is 12.8. The van der Waals surface area contributed by atoms with Crippen LogP contribution in [0.15, 0.2) is 143 Å². The minimum Gasteiger partial charge on any atom is -0.342 e. The van der Waals surface area contributed by atoms with E-state index in [2.05, 4.69) is 14.7 Å². The molecule has 3 heterocycles. The maximum absolute atomic E-state index is 14.8. The van der Waals surface area contributed by atoms with Crippen LogP contribution in [-0.4, -0.2) is 30.2 Å². The molecule has 9 heteroatoms. The predicted molar refractivity (Wildman–Crippen MR) is 172 cm³/mol. The van der Waals surface area contributed by atoms with E-state index in [1.807, 2.05) is 97.9 Å². The Labute approximate surface area is 262 Å². The molecule has 0 bridgehead atoms. The molecule has 5 aromatic rings. The van der Waals surface area contributed by atoms with Gasteiger partial charge in [0.05, 0.1) is 16.2 Å². The summed E-state index contributed by atoms with van der Waals surface area (Å²) in [5, 5.41) is 4.75. The Balaban J connectivity index is 1.51. The zero-order valence-corrected chi connectivity index (χ0v) is 25.3. The molecule has 224 valence electrons. The van der Waals surface area contributed by atoms with Crippen LogP contribution in [0.3, 0.4) is 0 Å². The van der Waals surface area contributed by atoms with Crippen molar-refractivity contribution < 1.29 is 18.0 Å². The zero-order chi connectivity index (χ0) is 31.0. The van der Waals surface area contributed by atoms with Gasteiger partial charge in [-0.15, -0.1) is 4.40 Å². The number of carbonyl (C=O) groups is 1. The molecule has 3 unspecified atom stereocenters. The molecule has 0 saturated carbocycles. The number of amidine groups is 1. The van der Waals surface area contributed by atoms with Crippen molar-refractivity contribution in [3.8, 4) is 0 Å². The van der Waals surface area contributed by atoms with Crippen molar-refractivity contribution in [2.45, 2.75) is 35.8 Å². The molecule has 4 aromatic carbocycles. The standard InChI is InChI=1S/C36H30N4O4S/c1-25-18-20-29(21-19-25)45(42,43)39-35-36(30-16-8-9-17-31(30)38-35)32(28-15-10-22-37-23-28)34(41)40(33(36)27-13-6-3-7-14-27)44-24-26-11-4-2-5-12-26/h2-23,32-33H,24H2,1H3,(H,38,39). The molecular formula is C36H30N4O4S. The molecule has 2 aliphatic rings. The monoisotopic (exact) mass is 614 g/mol. The lowest BCUT2D eigenvalue weighted by Crippen LogP contribution is -2.44. The van der Waals surface area contributed by atoms with Gasteiger partial charge in [0.15, 0.2) is 0 Å². The molecule has 1 aromatic heterocycles. The summed E-state index contributed by atoms with van der Waals surface area (Å²) in [5.41, 5.74) is 3.28. The number of nitrogens with one attached hydrogen (secondary N) is 1. The first kappa shape index (κ1) is 28.6. The fraction of sp³-hybridized carbons (Fsp3) is 0.139. The minimum absolute atomic E-state index is 0.0594. The summed E-state index contributed by atoms with van der Waals surface area (Å²) in [6.45, 7) is 2.03. The van der Waals surface area contributed by atoms with Crippen molar-refractivity contribution in [3.05, 3.63) is 162 Å². The number of para-hydroxylation sites is 1. The van der Waals surface area contributed by atoms with Gasteiger partial charge in [-0.25, -0.2) is 5.06 Å². The number of hydrogen-bond acceptors (Lipinski definition) is 5. The number of benzene rings is 4. The summed E-state index contributed by atoms with van der Waals surface area (Å²) >= 11 is 0. The summed E-state index contributed by atoms with van der Waals surface area (Å²) < 4.78 is 32.5. The Morgan fingerprint density at radius 1 is 0.844 bits per heavy atom. The van der Waals surface area contributed by atoms with Crippen LogP contribution in [0.2, 0.25) is 0 Å². The summed E-state index contributed by atoms with van der Waals surface area (Å²) in [7, 11) is -4.20. The van der Waals surface area contributed by atoms with Gasteiger partial charge in [0.2, 0.25) is 0 Å². The summed E-state index contributed by atoms with van der Waals surface area (Å²) in [6.07, 6.45) is 3.30. The maximum atomic E-state index is 14.8. The summed E-state index contributed by atoms with van der Waals surface area (Å²) in [5.74, 6) is -1.10. The van der Waals surface area contributed by atoms with Crippen molar-refractivity contribution in [2.75, 3.05) is 5.32 Å². The minimum atomic E-state index is -4.20. The lowest BCUT2D eigenvalue weighted by Gasteiger charge is -2.37. The van der Waals surface area contributed by atoms with E-state index in [0.29, 0.717) is 11.3 Å². The van der Waals surface area contributed by atoms with Crippen LogP contribution < -0.4 is 5.32 Å². The Kier molecular flexibility index (Phi) is 7.27. The van der Waals surface area contributed by atoms with Gasteiger partial charge in [0.25, 0.3) is 15.9 Å². The molecule has 3 atom stereocenters. The van der Waals surface area contributed by atoms with Gasteiger partial charge in [-0.2, -0.15) is 8.42 Å². The number of carbonyl (C=O) groups excluding carboxylic acids is 1. The molecule has 1 spiro atoms. The number of nitrogens with zero attached hydrogens (tertiary/aromatic N) is 3. The van der Waals surface area contributed by atoms with Crippen LogP contribution in [-0.2, 0) is 31.7 Å². The molecule has 8 nitrogen and oxygen atoms in total. The fourth-order valence-electron chi connectivity index (χ4n) is 6.50. The number of pyridine rings is 1. The normalized spacial score (nSPS) is 21.7. The van der Waals surface area contributed by atoms with E-state index in [-0.39, 0.29) is 23.2 Å². The van der Waals surface area contributed by atoms with Gasteiger partial charge in [0.1, 0.15) is 18.5 Å². The first-order valence-electron chi connectivity index (χ1n) is 14.6. The molecule has 1 saturated heterocycles. The molecule has 1 amide bonds. The summed E-state index contributed by atoms with van der Waals surface area (Å²) in [6, 6.07) is 36.1. The molecule has 1 N–H and O–H groups in total. The van der Waals surface area contributed by atoms with Crippen LogP contribution in [0, 0.1) is 6.92 Å². The predicted octanol–water partition coefficient (Wildman–Crippen LogP) is 6.34. The third-order valence-electron chi connectivity index (χ3n) is 8.48. The maximum Gasteiger partial charge on any atom is 0.283 e. The number of aromatic nitrogens is 1. The van der Waals surface area contributed by atoms with Crippen LogP contribution >= 0.6 is 0 Å². The van der Waals surface area contributed by atoms with Crippen LogP contribution in [0.1, 0.15) is 39.8 Å². The van der Waals surface area contributed by atoms with Crippen molar-refractivity contribution >= 4 is 27.5 Å². The molecule has 0 radical (unpaired) electrons. The van der Waals surface area contributed by atoms with E-state index in [1.54, 1.807) is 42.7 Å². The Hall–Kier alpha value is -5.12. The largest absolute Gasteiger partial charge is 0.342 e. The van der Waals surface area contributed by atoms with Crippen LogP contribution in [0.5, 0.6) is 0 Å². The third-order valence-corrected chi connectivity index (χ3v) is 9.77. The van der Waals surface area contributed by atoms with E-state index in [1.165, 1.54) is 5.06 Å². The first-order chi connectivity index (χ1) is 21.9. The Morgan fingerprint density at radius 2 is 1.51 bits per heavy atom. The molecule has 7 rings (SSSR count). The summed E-state index contributed by atoms with van der Waals surface area (Å²) in [4.78, 5) is 25.7. The average Bonchev–Trinajstić information content (AvgIpc) is 3.51. The van der Waals surface area contributed by atoms with Crippen molar-refractivity contribution in [3.63, 3.8) is 0 Å². The fourth-order valence-corrected chi connectivity index (χ4v) is 7.52. The van der Waals surface area contributed by atoms with E-state index in [9.17, 15) is 13.2 Å². The zero-order valence-electron chi connectivity index (χ0n) is 24.4. The van der Waals surface area contributed by atoms with Gasteiger partial charge in [-0.1, -0.05) is 103 Å². The second kappa shape index (κ2) is 11.4. The SMILES string of the molecule is Cc1ccc(S(=O)(=O)/N=C2\Nc3ccccc3C23C(c2cccnc2)C(=O)N(OCc2ccccc2)C3c2ccccc2)cc1. The number of amides is 1. The Bertz CT molecular complexity index is 1990. The first-order valence-corrected chi connectivity index (χ1v) is 16.1.